The topological polar surface area (TPSA) is 302 Å². The number of rotatable bonds is 28. The number of carbonyl (C=O) groups is 4. The first-order chi connectivity index (χ1) is 42.3. The molecule has 1 saturated heterocycles. The van der Waals surface area contributed by atoms with E-state index in [1.54, 1.807) is 84.6 Å². The number of likely N-dealkylation sites (tertiary alicyclic amines) is 1. The number of imidazole rings is 1. The number of ether oxygens (including phenoxy) is 5. The van der Waals surface area contributed by atoms with Crippen LogP contribution in [0.2, 0.25) is 0 Å². The quantitative estimate of drug-likeness (QED) is 0.0339. The Morgan fingerprint density at radius 2 is 1.52 bits per heavy atom. The molecule has 3 atom stereocenters. The number of hydrogen-bond acceptors (Lipinski definition) is 19. The number of amides is 4. The lowest BCUT2D eigenvalue weighted by Gasteiger charge is -2.35. The van der Waals surface area contributed by atoms with Crippen molar-refractivity contribution in [1.82, 2.24) is 50.4 Å². The van der Waals surface area contributed by atoms with Crippen LogP contribution in [0.5, 0.6) is 5.88 Å². The van der Waals surface area contributed by atoms with Crippen LogP contribution in [-0.4, -0.2) is 163 Å². The van der Waals surface area contributed by atoms with Gasteiger partial charge in [-0.1, -0.05) is 57.2 Å². The molecule has 3 aromatic carbocycles. The summed E-state index contributed by atoms with van der Waals surface area (Å²) < 4.78 is 92.1. The first-order valence-electron chi connectivity index (χ1n) is 27.8. The standard InChI is InChI=1S/C60H65F2N11O13S2/c1-36-52(87-35-67-36)38-12-10-37(11-13-38)29-65-55(77)47-28-42(74)33-73(47)59(78)53(60(2,3)4)68-51(75)34-85-25-24-84-23-22-83-21-20-82-19-18-63-54(76)43-8-6-7-9-44(43)56-69-70-58(86-56)48-31-64-50-17-14-39(32-72(48)50)40-26-46(57(81-5)66-30-40)71-88(79,80)49-16-15-41(61)27-45(49)62/h6-17,26-27,30-32,35,42,47,53,71,74H,18-25,28-29,33-34H2,1-5H3,(H,63,76)(H,65,77)(H,68,75)/t42-,47+,53-/m1/s1. The number of aryl methyl sites for hydroxylation is 1. The lowest BCUT2D eigenvalue weighted by atomic mass is 9.85. The number of β-amino-alcohol motifs (C(OH)–C–C–N with tert-alkyl or cyclic N) is 1. The van der Waals surface area contributed by atoms with E-state index in [0.29, 0.717) is 34.1 Å². The summed E-state index contributed by atoms with van der Waals surface area (Å²) in [4.78, 5) is 68.5. The Balaban J connectivity index is 0.660. The highest BCUT2D eigenvalue weighted by atomic mass is 32.2. The third-order valence-electron chi connectivity index (χ3n) is 13.9. The van der Waals surface area contributed by atoms with E-state index < -0.39 is 73.8 Å². The molecule has 0 spiro atoms. The molecular formula is C60H65F2N11O13S2. The normalized spacial score (nSPS) is 14.7. The van der Waals surface area contributed by atoms with Crippen LogP contribution in [0.3, 0.4) is 0 Å². The number of fused-ring (bicyclic) bond motifs is 1. The maximum Gasteiger partial charge on any atom is 0.266 e. The Kier molecular flexibility index (Phi) is 21.0. The summed E-state index contributed by atoms with van der Waals surface area (Å²) in [5.41, 5.74) is 6.30. The predicted molar refractivity (Wildman–Crippen MR) is 318 cm³/mol. The highest BCUT2D eigenvalue weighted by Gasteiger charge is 2.44. The minimum Gasteiger partial charge on any atom is -0.480 e. The largest absolute Gasteiger partial charge is 0.480 e. The molecule has 6 heterocycles. The molecule has 464 valence electrons. The minimum absolute atomic E-state index is 0.0490. The van der Waals surface area contributed by atoms with E-state index in [4.69, 9.17) is 28.1 Å². The number of benzene rings is 3. The highest BCUT2D eigenvalue weighted by molar-refractivity contribution is 7.92. The van der Waals surface area contributed by atoms with Crippen LogP contribution in [0.1, 0.15) is 48.8 Å². The van der Waals surface area contributed by atoms with Crippen LogP contribution in [0, 0.1) is 24.0 Å². The number of methoxy groups -OCH3 is 1. The van der Waals surface area contributed by atoms with Gasteiger partial charge in [-0.25, -0.2) is 32.2 Å². The maximum atomic E-state index is 14.5. The van der Waals surface area contributed by atoms with Crippen LogP contribution in [0.4, 0.5) is 14.5 Å². The number of aliphatic hydroxyl groups is 1. The Bertz CT molecular complexity index is 3880. The van der Waals surface area contributed by atoms with Crippen LogP contribution in [0.25, 0.3) is 50.3 Å². The number of thiazole rings is 1. The number of aliphatic hydroxyl groups excluding tert-OH is 1. The van der Waals surface area contributed by atoms with Crippen LogP contribution in [0.15, 0.2) is 118 Å². The zero-order valence-corrected chi connectivity index (χ0v) is 50.3. The van der Waals surface area contributed by atoms with Gasteiger partial charge in [-0.15, -0.1) is 21.5 Å². The number of halogens is 2. The second kappa shape index (κ2) is 28.9. The third kappa shape index (κ3) is 15.9. The van der Waals surface area contributed by atoms with Crippen molar-refractivity contribution in [3.8, 4) is 50.5 Å². The van der Waals surface area contributed by atoms with Crippen molar-refractivity contribution in [1.29, 1.82) is 0 Å². The molecule has 0 saturated carbocycles. The van der Waals surface area contributed by atoms with Crippen LogP contribution >= 0.6 is 11.3 Å². The van der Waals surface area contributed by atoms with Crippen molar-refractivity contribution in [3.05, 3.63) is 137 Å². The second-order valence-electron chi connectivity index (χ2n) is 21.3. The number of anilines is 1. The van der Waals surface area contributed by atoms with Gasteiger partial charge in [0, 0.05) is 55.6 Å². The fourth-order valence-corrected chi connectivity index (χ4v) is 11.4. The zero-order chi connectivity index (χ0) is 62.5. The molecule has 5 N–H and O–H groups in total. The third-order valence-corrected chi connectivity index (χ3v) is 16.3. The maximum absolute atomic E-state index is 14.5. The first-order valence-corrected chi connectivity index (χ1v) is 30.2. The zero-order valence-electron chi connectivity index (χ0n) is 48.7. The molecule has 24 nitrogen and oxygen atoms in total. The van der Waals surface area contributed by atoms with E-state index in [1.807, 2.05) is 31.2 Å². The van der Waals surface area contributed by atoms with E-state index in [2.05, 4.69) is 45.8 Å². The summed E-state index contributed by atoms with van der Waals surface area (Å²) >= 11 is 1.56. The highest BCUT2D eigenvalue weighted by Crippen LogP contribution is 2.34. The summed E-state index contributed by atoms with van der Waals surface area (Å²) in [5, 5.41) is 27.6. The lowest BCUT2D eigenvalue weighted by molar-refractivity contribution is -0.144. The van der Waals surface area contributed by atoms with Gasteiger partial charge in [-0.05, 0) is 65.9 Å². The number of hydrogen-bond donors (Lipinski definition) is 5. The number of carbonyl (C=O) groups excluding carboxylic acids is 4. The van der Waals surface area contributed by atoms with Gasteiger partial charge in [0.1, 0.15) is 52.2 Å². The Morgan fingerprint density at radius 3 is 2.23 bits per heavy atom. The summed E-state index contributed by atoms with van der Waals surface area (Å²) in [6.45, 7) is 8.85. The van der Waals surface area contributed by atoms with Crippen molar-refractivity contribution in [3.63, 3.8) is 0 Å². The van der Waals surface area contributed by atoms with Gasteiger partial charge in [0.05, 0.1) is 92.9 Å². The number of pyridine rings is 2. The van der Waals surface area contributed by atoms with E-state index in [0.717, 1.165) is 33.8 Å². The Hall–Kier alpha value is -8.64. The molecule has 1 fully saturated rings. The summed E-state index contributed by atoms with van der Waals surface area (Å²) in [7, 11) is -3.25. The van der Waals surface area contributed by atoms with E-state index in [9.17, 15) is 41.5 Å². The van der Waals surface area contributed by atoms with Gasteiger partial charge in [0.2, 0.25) is 29.5 Å². The molecule has 1 aliphatic rings. The molecule has 4 amide bonds. The number of sulfonamides is 1. The second-order valence-corrected chi connectivity index (χ2v) is 23.8. The molecule has 8 aromatic rings. The van der Waals surface area contributed by atoms with Crippen molar-refractivity contribution >= 4 is 56.3 Å². The predicted octanol–water partition coefficient (Wildman–Crippen LogP) is 6.24. The molecule has 0 bridgehead atoms. The van der Waals surface area contributed by atoms with E-state index in [-0.39, 0.29) is 108 Å². The average molecular weight is 1250 g/mol. The Labute approximate surface area is 509 Å². The molecule has 5 aromatic heterocycles. The first kappa shape index (κ1) is 63.9. The van der Waals surface area contributed by atoms with E-state index in [1.165, 1.54) is 30.5 Å². The molecule has 1 aliphatic heterocycles. The summed E-state index contributed by atoms with van der Waals surface area (Å²) in [6, 6.07) is 19.5. The fraction of sp³-hybridized carbons (Fsp3) is 0.350. The van der Waals surface area contributed by atoms with Crippen molar-refractivity contribution in [2.24, 2.45) is 5.41 Å². The van der Waals surface area contributed by atoms with Gasteiger partial charge < -0.3 is 54.1 Å². The van der Waals surface area contributed by atoms with Gasteiger partial charge in [-0.2, -0.15) is 0 Å². The van der Waals surface area contributed by atoms with Gasteiger partial charge in [0.25, 0.3) is 21.8 Å². The Morgan fingerprint density at radius 1 is 0.818 bits per heavy atom. The monoisotopic (exact) mass is 1250 g/mol. The van der Waals surface area contributed by atoms with Crippen LogP contribution < -0.4 is 25.4 Å². The lowest BCUT2D eigenvalue weighted by Crippen LogP contribution is -2.58. The number of aromatic nitrogens is 6. The minimum atomic E-state index is -4.54. The van der Waals surface area contributed by atoms with Crippen molar-refractivity contribution < 1.29 is 69.6 Å². The van der Waals surface area contributed by atoms with E-state index >= 15 is 0 Å². The molecule has 28 heteroatoms. The SMILES string of the molecule is COc1ncc(-c2ccc3ncc(-c4nnc(-c5ccccc5C(=O)NCCOCCOCCOCCOCC(=O)N[C@H](C(=O)N5C[C@H](O)C[C@H]5C(=O)NCc5ccc(-c6scnc6C)cc5)C(C)(C)C)o4)n3c2)cc1NS(=O)(=O)c1ccc(F)cc1F. The summed E-state index contributed by atoms with van der Waals surface area (Å²) in [6.07, 6.45) is 3.82. The van der Waals surface area contributed by atoms with Crippen molar-refractivity contribution in [2.45, 2.75) is 63.7 Å². The molecule has 0 aliphatic carbocycles. The molecule has 0 radical (unpaired) electrons. The molecular weight excluding hydrogens is 1180 g/mol. The van der Waals surface area contributed by atoms with Crippen LogP contribution in [-0.2, 0) is 49.9 Å². The van der Waals surface area contributed by atoms with Crippen molar-refractivity contribution in [2.75, 3.05) is 77.8 Å². The number of nitrogens with zero attached hydrogens (tertiary/aromatic N) is 7. The molecule has 88 heavy (non-hydrogen) atoms. The average Bonchev–Trinajstić information content (AvgIpc) is 2.82. The van der Waals surface area contributed by atoms with Gasteiger partial charge in [-0.3, -0.25) is 28.3 Å². The fourth-order valence-electron chi connectivity index (χ4n) is 9.49. The van der Waals surface area contributed by atoms with Gasteiger partial charge in [0.15, 0.2) is 0 Å². The smallest absolute Gasteiger partial charge is 0.266 e. The number of nitrogens with one attached hydrogen (secondary N) is 4. The molecule has 0 unspecified atom stereocenters. The summed E-state index contributed by atoms with van der Waals surface area (Å²) in [5.74, 6) is -4.00. The molecule has 9 rings (SSSR count). The van der Waals surface area contributed by atoms with Gasteiger partial charge >= 0.3 is 0 Å².